The van der Waals surface area contributed by atoms with Gasteiger partial charge >= 0.3 is 0 Å². The van der Waals surface area contributed by atoms with E-state index in [2.05, 4.69) is 0 Å². The van der Waals surface area contributed by atoms with Crippen molar-refractivity contribution >= 4 is 34.5 Å². The number of benzene rings is 1. The highest BCUT2D eigenvalue weighted by Gasteiger charge is 2.16. The van der Waals surface area contributed by atoms with Crippen LogP contribution in [0.4, 0.5) is 0 Å². The first kappa shape index (κ1) is 11.9. The molecule has 0 aliphatic carbocycles. The van der Waals surface area contributed by atoms with E-state index < -0.39 is 6.10 Å². The summed E-state index contributed by atoms with van der Waals surface area (Å²) >= 11 is 13.5. The van der Waals surface area contributed by atoms with E-state index in [0.29, 0.717) is 15.6 Å². The second-order valence-corrected chi connectivity index (χ2v) is 5.46. The van der Waals surface area contributed by atoms with Gasteiger partial charge < -0.3 is 5.11 Å². The van der Waals surface area contributed by atoms with E-state index >= 15 is 0 Å². The van der Waals surface area contributed by atoms with Gasteiger partial charge in [0, 0.05) is 20.5 Å². The molecule has 1 N–H and O–H groups in total. The molecule has 0 amide bonds. The zero-order valence-electron chi connectivity index (χ0n) is 8.58. The normalized spacial score (nSPS) is 12.8. The van der Waals surface area contributed by atoms with Crippen molar-refractivity contribution in [2.75, 3.05) is 0 Å². The maximum absolute atomic E-state index is 10.2. The van der Waals surface area contributed by atoms with Crippen LogP contribution in [-0.4, -0.2) is 5.11 Å². The highest BCUT2D eigenvalue weighted by atomic mass is 35.5. The van der Waals surface area contributed by atoms with Crippen molar-refractivity contribution in [3.63, 3.8) is 0 Å². The smallest absolute Gasteiger partial charge is 0.107 e. The first-order chi connectivity index (χ1) is 7.59. The fraction of sp³-hybridized carbons (Fsp3) is 0.167. The number of thiophene rings is 1. The quantitative estimate of drug-likeness (QED) is 0.857. The molecule has 0 radical (unpaired) electrons. The Morgan fingerprint density at radius 1 is 1.19 bits per heavy atom. The second-order valence-electron chi connectivity index (χ2n) is 3.50. The van der Waals surface area contributed by atoms with E-state index in [4.69, 9.17) is 23.2 Å². The lowest BCUT2D eigenvalue weighted by molar-refractivity contribution is 0.220. The number of halogens is 2. The van der Waals surface area contributed by atoms with Crippen LogP contribution in [0.15, 0.2) is 29.6 Å². The summed E-state index contributed by atoms with van der Waals surface area (Å²) in [5.74, 6) is 0. The van der Waals surface area contributed by atoms with Gasteiger partial charge in [0.15, 0.2) is 0 Å². The molecule has 1 aromatic heterocycles. The first-order valence-corrected chi connectivity index (χ1v) is 6.40. The highest BCUT2D eigenvalue weighted by molar-refractivity contribution is 7.10. The molecular weight excluding hydrogens is 263 g/mol. The summed E-state index contributed by atoms with van der Waals surface area (Å²) in [5.41, 5.74) is 1.53. The zero-order chi connectivity index (χ0) is 11.7. The minimum Gasteiger partial charge on any atom is -0.384 e. The summed E-state index contributed by atoms with van der Waals surface area (Å²) in [6.45, 7) is 1.97. The zero-order valence-corrected chi connectivity index (χ0v) is 10.9. The summed E-state index contributed by atoms with van der Waals surface area (Å²) < 4.78 is 0. The molecule has 1 nitrogen and oxygen atoms in total. The number of aryl methyl sites for hydroxylation is 1. The molecule has 0 saturated carbocycles. The number of rotatable bonds is 2. The van der Waals surface area contributed by atoms with Crippen LogP contribution < -0.4 is 0 Å². The van der Waals surface area contributed by atoms with Crippen molar-refractivity contribution in [2.45, 2.75) is 13.0 Å². The van der Waals surface area contributed by atoms with Crippen molar-refractivity contribution < 1.29 is 5.11 Å². The molecule has 2 rings (SSSR count). The molecule has 1 unspecified atom stereocenters. The molecule has 0 aliphatic rings. The van der Waals surface area contributed by atoms with Crippen molar-refractivity contribution in [3.8, 4) is 0 Å². The van der Waals surface area contributed by atoms with Gasteiger partial charge in [-0.05, 0) is 42.1 Å². The van der Waals surface area contributed by atoms with Crippen molar-refractivity contribution in [3.05, 3.63) is 55.7 Å². The fourth-order valence-corrected chi connectivity index (χ4v) is 2.71. The van der Waals surface area contributed by atoms with Gasteiger partial charge in [-0.25, -0.2) is 0 Å². The topological polar surface area (TPSA) is 20.2 Å². The highest BCUT2D eigenvalue weighted by Crippen LogP contribution is 2.33. The van der Waals surface area contributed by atoms with Crippen LogP contribution in [0.5, 0.6) is 0 Å². The lowest BCUT2D eigenvalue weighted by Crippen LogP contribution is -2.00. The standard InChI is InChI=1S/C12H10Cl2OS/c1-7-9(4-5-16-7)12(15)10-6-8(13)2-3-11(10)14/h2-6,12,15H,1H3. The third kappa shape index (κ3) is 2.25. The average Bonchev–Trinajstić information content (AvgIpc) is 2.67. The summed E-state index contributed by atoms with van der Waals surface area (Å²) in [6, 6.07) is 7.01. The van der Waals surface area contributed by atoms with Gasteiger partial charge in [-0.1, -0.05) is 23.2 Å². The molecule has 0 bridgehead atoms. The Bertz CT molecular complexity index is 507. The first-order valence-electron chi connectivity index (χ1n) is 4.76. The van der Waals surface area contributed by atoms with Crippen LogP contribution in [0.25, 0.3) is 0 Å². The fourth-order valence-electron chi connectivity index (χ4n) is 1.57. The summed E-state index contributed by atoms with van der Waals surface area (Å²) in [6.07, 6.45) is -0.711. The van der Waals surface area contributed by atoms with Crippen LogP contribution in [0.3, 0.4) is 0 Å². The Morgan fingerprint density at radius 3 is 2.56 bits per heavy atom. The SMILES string of the molecule is Cc1sccc1C(O)c1cc(Cl)ccc1Cl. The van der Waals surface area contributed by atoms with Gasteiger partial charge in [0.2, 0.25) is 0 Å². The van der Waals surface area contributed by atoms with E-state index in [1.165, 1.54) is 0 Å². The molecule has 0 spiro atoms. The minimum absolute atomic E-state index is 0.530. The Labute approximate surface area is 108 Å². The monoisotopic (exact) mass is 272 g/mol. The Hall–Kier alpha value is -0.540. The number of hydrogen-bond acceptors (Lipinski definition) is 2. The van der Waals surface area contributed by atoms with Gasteiger partial charge in [-0.15, -0.1) is 11.3 Å². The summed E-state index contributed by atoms with van der Waals surface area (Å²) in [4.78, 5) is 1.09. The molecule has 0 fully saturated rings. The Morgan fingerprint density at radius 2 is 1.94 bits per heavy atom. The van der Waals surface area contributed by atoms with Crippen LogP contribution in [0, 0.1) is 6.92 Å². The van der Waals surface area contributed by atoms with Gasteiger partial charge in [0.05, 0.1) is 0 Å². The van der Waals surface area contributed by atoms with E-state index in [1.807, 2.05) is 18.4 Å². The molecule has 0 saturated heterocycles. The number of aliphatic hydroxyl groups is 1. The van der Waals surface area contributed by atoms with Crippen LogP contribution >= 0.6 is 34.5 Å². The lowest BCUT2D eigenvalue weighted by Gasteiger charge is -2.13. The summed E-state index contributed by atoms with van der Waals surface area (Å²) in [7, 11) is 0. The average molecular weight is 273 g/mol. The molecule has 0 aliphatic heterocycles. The van der Waals surface area contributed by atoms with E-state index in [1.54, 1.807) is 29.5 Å². The number of hydrogen-bond donors (Lipinski definition) is 1. The maximum atomic E-state index is 10.2. The van der Waals surface area contributed by atoms with Gasteiger partial charge in [0.25, 0.3) is 0 Å². The van der Waals surface area contributed by atoms with E-state index in [0.717, 1.165) is 10.4 Å². The van der Waals surface area contributed by atoms with Crippen molar-refractivity contribution in [2.24, 2.45) is 0 Å². The Balaban J connectivity index is 2.45. The predicted molar refractivity (Wildman–Crippen MR) is 69.6 cm³/mol. The van der Waals surface area contributed by atoms with Crippen LogP contribution in [-0.2, 0) is 0 Å². The second kappa shape index (κ2) is 4.76. The largest absolute Gasteiger partial charge is 0.384 e. The van der Waals surface area contributed by atoms with Gasteiger partial charge in [0.1, 0.15) is 6.10 Å². The molecule has 84 valence electrons. The third-order valence-corrected chi connectivity index (χ3v) is 3.89. The molecule has 2 aromatic rings. The molecule has 1 aromatic carbocycles. The van der Waals surface area contributed by atoms with Gasteiger partial charge in [-0.2, -0.15) is 0 Å². The van der Waals surface area contributed by atoms with E-state index in [9.17, 15) is 5.11 Å². The Kier molecular flexibility index (Phi) is 3.55. The molecular formula is C12H10Cl2OS. The van der Waals surface area contributed by atoms with Crippen molar-refractivity contribution in [1.29, 1.82) is 0 Å². The minimum atomic E-state index is -0.711. The van der Waals surface area contributed by atoms with Crippen molar-refractivity contribution in [1.82, 2.24) is 0 Å². The maximum Gasteiger partial charge on any atom is 0.107 e. The molecule has 4 heteroatoms. The lowest BCUT2D eigenvalue weighted by atomic mass is 10.0. The molecule has 16 heavy (non-hydrogen) atoms. The predicted octanol–water partition coefficient (Wildman–Crippen LogP) is 4.45. The molecule has 1 heterocycles. The van der Waals surface area contributed by atoms with Crippen LogP contribution in [0.1, 0.15) is 22.1 Å². The van der Waals surface area contributed by atoms with Crippen LogP contribution in [0.2, 0.25) is 10.0 Å². The van der Waals surface area contributed by atoms with E-state index in [-0.39, 0.29) is 0 Å². The van der Waals surface area contributed by atoms with Gasteiger partial charge in [-0.3, -0.25) is 0 Å². The third-order valence-electron chi connectivity index (χ3n) is 2.45. The molecule has 1 atom stereocenters. The summed E-state index contributed by atoms with van der Waals surface area (Å²) in [5, 5.41) is 13.3. The number of aliphatic hydroxyl groups excluding tert-OH is 1.